The molecule has 2 rings (SSSR count). The monoisotopic (exact) mass is 269 g/mol. The van der Waals surface area contributed by atoms with Gasteiger partial charge in [-0.2, -0.15) is 0 Å². The molecular weight excluding hydrogens is 257 g/mol. The van der Waals surface area contributed by atoms with Crippen LogP contribution in [0.1, 0.15) is 5.82 Å². The zero-order chi connectivity index (χ0) is 12.3. The highest BCUT2D eigenvalue weighted by Gasteiger charge is 2.03. The van der Waals surface area contributed by atoms with Crippen molar-refractivity contribution in [2.75, 3.05) is 11.9 Å². The van der Waals surface area contributed by atoms with E-state index in [0.29, 0.717) is 10.0 Å². The van der Waals surface area contributed by atoms with Crippen LogP contribution in [0.2, 0.25) is 10.0 Å². The maximum atomic E-state index is 6.07. The van der Waals surface area contributed by atoms with E-state index < -0.39 is 0 Å². The van der Waals surface area contributed by atoms with Gasteiger partial charge in [0.15, 0.2) is 0 Å². The highest BCUT2D eigenvalue weighted by atomic mass is 35.5. The largest absolute Gasteiger partial charge is 0.382 e. The number of rotatable bonds is 4. The highest BCUT2D eigenvalue weighted by molar-refractivity contribution is 6.43. The zero-order valence-electron chi connectivity index (χ0n) is 9.45. The van der Waals surface area contributed by atoms with E-state index in [1.807, 2.05) is 25.3 Å². The van der Waals surface area contributed by atoms with Gasteiger partial charge in [0.05, 0.1) is 15.7 Å². The molecule has 1 aromatic heterocycles. The van der Waals surface area contributed by atoms with Crippen LogP contribution in [0, 0.1) is 6.92 Å². The fourth-order valence-corrected chi connectivity index (χ4v) is 1.96. The Morgan fingerprint density at radius 3 is 2.88 bits per heavy atom. The summed E-state index contributed by atoms with van der Waals surface area (Å²) in [7, 11) is 0. The SMILES string of the molecule is Cc1nccn1CCNc1cccc(Cl)c1Cl. The van der Waals surface area contributed by atoms with Crippen molar-refractivity contribution in [3.05, 3.63) is 46.5 Å². The molecule has 0 saturated heterocycles. The third-order valence-electron chi connectivity index (χ3n) is 2.54. The standard InChI is InChI=1S/C12H13Cl2N3/c1-9-15-5-7-17(9)8-6-16-11-4-2-3-10(13)12(11)14/h2-5,7,16H,6,8H2,1H3. The van der Waals surface area contributed by atoms with Crippen molar-refractivity contribution in [2.24, 2.45) is 0 Å². The average molecular weight is 270 g/mol. The molecule has 0 atom stereocenters. The molecule has 1 heterocycles. The molecule has 0 unspecified atom stereocenters. The van der Waals surface area contributed by atoms with Crippen LogP contribution >= 0.6 is 23.2 Å². The van der Waals surface area contributed by atoms with Gasteiger partial charge in [0.25, 0.3) is 0 Å². The van der Waals surface area contributed by atoms with Gasteiger partial charge in [-0.3, -0.25) is 0 Å². The summed E-state index contributed by atoms with van der Waals surface area (Å²) < 4.78 is 2.07. The van der Waals surface area contributed by atoms with Crippen LogP contribution in [0.4, 0.5) is 5.69 Å². The van der Waals surface area contributed by atoms with Gasteiger partial charge in [-0.25, -0.2) is 4.98 Å². The summed E-state index contributed by atoms with van der Waals surface area (Å²) in [6.07, 6.45) is 3.75. The predicted molar refractivity (Wildman–Crippen MR) is 71.9 cm³/mol. The van der Waals surface area contributed by atoms with Crippen LogP contribution in [-0.2, 0) is 6.54 Å². The van der Waals surface area contributed by atoms with Gasteiger partial charge < -0.3 is 9.88 Å². The molecule has 5 heteroatoms. The molecule has 0 fully saturated rings. The average Bonchev–Trinajstić information content (AvgIpc) is 2.71. The number of imidazole rings is 1. The van der Waals surface area contributed by atoms with Gasteiger partial charge in [0, 0.05) is 25.5 Å². The number of anilines is 1. The summed E-state index contributed by atoms with van der Waals surface area (Å²) in [5, 5.41) is 4.39. The van der Waals surface area contributed by atoms with Gasteiger partial charge >= 0.3 is 0 Å². The first-order valence-corrected chi connectivity index (χ1v) is 6.09. The first kappa shape index (κ1) is 12.3. The zero-order valence-corrected chi connectivity index (χ0v) is 11.0. The highest BCUT2D eigenvalue weighted by Crippen LogP contribution is 2.29. The van der Waals surface area contributed by atoms with E-state index in [1.54, 1.807) is 12.3 Å². The Bertz CT molecular complexity index is 508. The van der Waals surface area contributed by atoms with E-state index in [1.165, 1.54) is 0 Å². The summed E-state index contributed by atoms with van der Waals surface area (Å²) in [5.41, 5.74) is 0.858. The molecule has 0 aliphatic carbocycles. The fourth-order valence-electron chi connectivity index (χ4n) is 1.59. The Morgan fingerprint density at radius 1 is 1.35 bits per heavy atom. The number of aromatic nitrogens is 2. The van der Waals surface area contributed by atoms with E-state index in [9.17, 15) is 0 Å². The van der Waals surface area contributed by atoms with Gasteiger partial charge in [0.2, 0.25) is 0 Å². The quantitative estimate of drug-likeness (QED) is 0.919. The lowest BCUT2D eigenvalue weighted by molar-refractivity contribution is 0.701. The Labute approximate surface area is 110 Å². The first-order valence-electron chi connectivity index (χ1n) is 5.34. The third-order valence-corrected chi connectivity index (χ3v) is 3.36. The second-order valence-corrected chi connectivity index (χ2v) is 4.48. The summed E-state index contributed by atoms with van der Waals surface area (Å²) in [6, 6.07) is 5.56. The molecule has 0 amide bonds. The molecule has 1 N–H and O–H groups in total. The Morgan fingerprint density at radius 2 is 2.18 bits per heavy atom. The molecule has 90 valence electrons. The molecule has 3 nitrogen and oxygen atoms in total. The lowest BCUT2D eigenvalue weighted by Crippen LogP contribution is -2.11. The summed E-state index contributed by atoms with van der Waals surface area (Å²) in [4.78, 5) is 4.16. The number of benzene rings is 1. The lowest BCUT2D eigenvalue weighted by atomic mass is 10.3. The minimum absolute atomic E-state index is 0.565. The Kier molecular flexibility index (Phi) is 3.92. The number of hydrogen-bond acceptors (Lipinski definition) is 2. The Hall–Kier alpha value is -1.19. The second kappa shape index (κ2) is 5.43. The molecule has 0 spiro atoms. The molecule has 17 heavy (non-hydrogen) atoms. The van der Waals surface area contributed by atoms with Gasteiger partial charge in [-0.15, -0.1) is 0 Å². The van der Waals surface area contributed by atoms with Crippen molar-refractivity contribution < 1.29 is 0 Å². The lowest BCUT2D eigenvalue weighted by Gasteiger charge is -2.10. The third kappa shape index (κ3) is 2.93. The van der Waals surface area contributed by atoms with Crippen molar-refractivity contribution >= 4 is 28.9 Å². The van der Waals surface area contributed by atoms with Gasteiger partial charge in [-0.05, 0) is 19.1 Å². The van der Waals surface area contributed by atoms with Crippen molar-refractivity contribution in [2.45, 2.75) is 13.5 Å². The van der Waals surface area contributed by atoms with Gasteiger partial charge in [-0.1, -0.05) is 29.3 Å². The number of halogens is 2. The second-order valence-electron chi connectivity index (χ2n) is 3.70. The minimum atomic E-state index is 0.565. The van der Waals surface area contributed by atoms with Gasteiger partial charge in [0.1, 0.15) is 5.82 Å². The smallest absolute Gasteiger partial charge is 0.105 e. The van der Waals surface area contributed by atoms with E-state index in [4.69, 9.17) is 23.2 Å². The summed E-state index contributed by atoms with van der Waals surface area (Å²) in [6.45, 7) is 3.60. The summed E-state index contributed by atoms with van der Waals surface area (Å²) >= 11 is 12.0. The van der Waals surface area contributed by atoms with Crippen molar-refractivity contribution in [3.63, 3.8) is 0 Å². The van der Waals surface area contributed by atoms with Crippen LogP contribution < -0.4 is 5.32 Å². The topological polar surface area (TPSA) is 29.9 Å². The van der Waals surface area contributed by atoms with Crippen LogP contribution in [-0.4, -0.2) is 16.1 Å². The molecule has 0 aliphatic rings. The molecule has 0 radical (unpaired) electrons. The molecule has 0 saturated carbocycles. The van der Waals surface area contributed by atoms with Crippen LogP contribution in [0.5, 0.6) is 0 Å². The predicted octanol–water partition coefficient (Wildman–Crippen LogP) is 3.61. The van der Waals surface area contributed by atoms with Crippen LogP contribution in [0.3, 0.4) is 0 Å². The fraction of sp³-hybridized carbons (Fsp3) is 0.250. The maximum absolute atomic E-state index is 6.07. The normalized spacial score (nSPS) is 10.5. The van der Waals surface area contributed by atoms with Crippen molar-refractivity contribution in [1.29, 1.82) is 0 Å². The van der Waals surface area contributed by atoms with E-state index in [0.717, 1.165) is 24.6 Å². The molecule has 1 aromatic carbocycles. The van der Waals surface area contributed by atoms with Crippen LogP contribution in [0.25, 0.3) is 0 Å². The molecular formula is C12H13Cl2N3. The molecule has 0 bridgehead atoms. The van der Waals surface area contributed by atoms with Crippen molar-refractivity contribution in [1.82, 2.24) is 9.55 Å². The Balaban J connectivity index is 1.95. The van der Waals surface area contributed by atoms with Crippen molar-refractivity contribution in [3.8, 4) is 0 Å². The minimum Gasteiger partial charge on any atom is -0.382 e. The maximum Gasteiger partial charge on any atom is 0.105 e. The van der Waals surface area contributed by atoms with Crippen LogP contribution in [0.15, 0.2) is 30.6 Å². The molecule has 2 aromatic rings. The number of nitrogens with one attached hydrogen (secondary N) is 1. The van der Waals surface area contributed by atoms with E-state index in [-0.39, 0.29) is 0 Å². The number of nitrogens with zero attached hydrogens (tertiary/aromatic N) is 2. The van der Waals surface area contributed by atoms with E-state index >= 15 is 0 Å². The molecule has 0 aliphatic heterocycles. The number of aryl methyl sites for hydroxylation is 1. The van der Waals surface area contributed by atoms with E-state index in [2.05, 4.69) is 14.9 Å². The number of hydrogen-bond donors (Lipinski definition) is 1. The summed E-state index contributed by atoms with van der Waals surface area (Å²) in [5.74, 6) is 1.00. The first-order chi connectivity index (χ1) is 8.18.